The molecule has 0 saturated carbocycles. The number of fused-ring (bicyclic) bond motifs is 3. The van der Waals surface area contributed by atoms with Crippen molar-refractivity contribution >= 4 is 21.9 Å². The standard InChI is InChI=1S/C50H32N4O/c1-4-15-33(16-5-1)37-22-12-23-38(31-37)41-26-10-11-27-43(41)49-53-47(35-17-6-2-7-18-35)52-48(54-49)40-25-13-24-39(32-40)42-28-14-21-34-29-30-44-46(45(34)42)55-50(51-44)36-19-8-3-9-20-36/h1-32H. The van der Waals surface area contributed by atoms with Gasteiger partial charge in [0.15, 0.2) is 23.1 Å². The fourth-order valence-corrected chi connectivity index (χ4v) is 7.29. The number of oxazole rings is 1. The summed E-state index contributed by atoms with van der Waals surface area (Å²) in [5, 5.41) is 2.09. The lowest BCUT2D eigenvalue weighted by atomic mass is 9.95. The Morgan fingerprint density at radius 1 is 0.309 bits per heavy atom. The second-order valence-corrected chi connectivity index (χ2v) is 13.4. The summed E-state index contributed by atoms with van der Waals surface area (Å²) in [6.07, 6.45) is 0. The molecule has 2 heterocycles. The van der Waals surface area contributed by atoms with Gasteiger partial charge in [0, 0.05) is 27.6 Å². The van der Waals surface area contributed by atoms with Gasteiger partial charge in [-0.2, -0.15) is 0 Å². The van der Waals surface area contributed by atoms with Gasteiger partial charge in [0.1, 0.15) is 5.52 Å². The van der Waals surface area contributed by atoms with E-state index in [1.165, 1.54) is 5.56 Å². The third kappa shape index (κ3) is 6.14. The predicted octanol–water partition coefficient (Wildman–Crippen LogP) is 12.8. The van der Waals surface area contributed by atoms with E-state index in [4.69, 9.17) is 24.4 Å². The van der Waals surface area contributed by atoms with Crippen molar-refractivity contribution < 1.29 is 4.42 Å². The van der Waals surface area contributed by atoms with Crippen LogP contribution in [0, 0.1) is 0 Å². The molecule has 10 aromatic rings. The van der Waals surface area contributed by atoms with Crippen LogP contribution in [0.2, 0.25) is 0 Å². The summed E-state index contributed by atoms with van der Waals surface area (Å²) in [5.74, 6) is 2.41. The molecule has 0 spiro atoms. The molecule has 8 aromatic carbocycles. The molecule has 0 aliphatic carbocycles. The SMILES string of the molecule is c1ccc(-c2cccc(-c3ccccc3-c3nc(-c4ccccc4)nc(-c4cccc(-c5cccc6ccc7nc(-c8ccccc8)oc7c56)c4)n3)c2)cc1. The van der Waals surface area contributed by atoms with Gasteiger partial charge >= 0.3 is 0 Å². The zero-order valence-corrected chi connectivity index (χ0v) is 29.7. The lowest BCUT2D eigenvalue weighted by Crippen LogP contribution is -2.01. The summed E-state index contributed by atoms with van der Waals surface area (Å²) in [4.78, 5) is 20.3. The van der Waals surface area contributed by atoms with Crippen molar-refractivity contribution in [1.29, 1.82) is 0 Å². The molecule has 0 amide bonds. The summed E-state index contributed by atoms with van der Waals surface area (Å²) in [7, 11) is 0. The zero-order valence-electron chi connectivity index (χ0n) is 29.7. The van der Waals surface area contributed by atoms with E-state index in [0.29, 0.717) is 23.4 Å². The lowest BCUT2D eigenvalue weighted by Gasteiger charge is -2.13. The molecule has 55 heavy (non-hydrogen) atoms. The summed E-state index contributed by atoms with van der Waals surface area (Å²) < 4.78 is 6.51. The summed E-state index contributed by atoms with van der Waals surface area (Å²) >= 11 is 0. The van der Waals surface area contributed by atoms with Crippen LogP contribution in [0.5, 0.6) is 0 Å². The van der Waals surface area contributed by atoms with Gasteiger partial charge in [0.2, 0.25) is 5.89 Å². The zero-order chi connectivity index (χ0) is 36.6. The van der Waals surface area contributed by atoms with E-state index in [0.717, 1.165) is 71.9 Å². The second kappa shape index (κ2) is 13.8. The largest absolute Gasteiger partial charge is 0.435 e. The van der Waals surface area contributed by atoms with Gasteiger partial charge in [-0.05, 0) is 69.1 Å². The molecule has 0 radical (unpaired) electrons. The second-order valence-electron chi connectivity index (χ2n) is 13.4. The van der Waals surface area contributed by atoms with Crippen LogP contribution in [0.4, 0.5) is 0 Å². The van der Waals surface area contributed by atoms with Crippen LogP contribution in [0.15, 0.2) is 199 Å². The van der Waals surface area contributed by atoms with Crippen molar-refractivity contribution in [1.82, 2.24) is 19.9 Å². The maximum atomic E-state index is 6.51. The molecule has 0 fully saturated rings. The first-order valence-corrected chi connectivity index (χ1v) is 18.3. The number of hydrogen-bond donors (Lipinski definition) is 0. The van der Waals surface area contributed by atoms with Gasteiger partial charge in [-0.1, -0.05) is 164 Å². The van der Waals surface area contributed by atoms with Gasteiger partial charge in [0.25, 0.3) is 0 Å². The Hall–Kier alpha value is -7.50. The van der Waals surface area contributed by atoms with E-state index in [-0.39, 0.29) is 0 Å². The van der Waals surface area contributed by atoms with Crippen LogP contribution in [-0.4, -0.2) is 19.9 Å². The van der Waals surface area contributed by atoms with Crippen LogP contribution in [0.3, 0.4) is 0 Å². The Kier molecular flexibility index (Phi) is 8.08. The Labute approximate surface area is 318 Å². The summed E-state index contributed by atoms with van der Waals surface area (Å²) in [5.41, 5.74) is 11.8. The first kappa shape index (κ1) is 32.2. The van der Waals surface area contributed by atoms with E-state index >= 15 is 0 Å². The smallest absolute Gasteiger partial charge is 0.227 e. The Balaban J connectivity index is 1.12. The molecule has 10 rings (SSSR count). The Morgan fingerprint density at radius 2 is 0.818 bits per heavy atom. The van der Waals surface area contributed by atoms with Gasteiger partial charge < -0.3 is 4.42 Å². The first-order valence-electron chi connectivity index (χ1n) is 18.3. The highest BCUT2D eigenvalue weighted by Gasteiger charge is 2.18. The van der Waals surface area contributed by atoms with E-state index in [1.807, 2.05) is 78.9 Å². The highest BCUT2D eigenvalue weighted by Crippen LogP contribution is 2.39. The number of benzene rings is 8. The molecule has 0 saturated heterocycles. The monoisotopic (exact) mass is 704 g/mol. The third-order valence-corrected chi connectivity index (χ3v) is 9.97. The average Bonchev–Trinajstić information content (AvgIpc) is 3.72. The van der Waals surface area contributed by atoms with Crippen LogP contribution in [0.25, 0.3) is 101 Å². The van der Waals surface area contributed by atoms with Crippen molar-refractivity contribution in [2.75, 3.05) is 0 Å². The third-order valence-electron chi connectivity index (χ3n) is 9.97. The van der Waals surface area contributed by atoms with E-state index in [9.17, 15) is 0 Å². The average molecular weight is 705 g/mol. The molecule has 258 valence electrons. The molecule has 5 heteroatoms. The highest BCUT2D eigenvalue weighted by atomic mass is 16.3. The number of rotatable bonds is 7. The van der Waals surface area contributed by atoms with Gasteiger partial charge in [-0.15, -0.1) is 0 Å². The van der Waals surface area contributed by atoms with Gasteiger partial charge in [-0.3, -0.25) is 0 Å². The Bertz CT molecular complexity index is 2980. The van der Waals surface area contributed by atoms with E-state index < -0.39 is 0 Å². The molecule has 0 aliphatic heterocycles. The first-order chi connectivity index (χ1) is 27.2. The molecular weight excluding hydrogens is 673 g/mol. The number of hydrogen-bond acceptors (Lipinski definition) is 5. The molecule has 0 N–H and O–H groups in total. The van der Waals surface area contributed by atoms with Crippen LogP contribution >= 0.6 is 0 Å². The minimum atomic E-state index is 0.593. The molecule has 0 bridgehead atoms. The maximum absolute atomic E-state index is 6.51. The highest BCUT2D eigenvalue weighted by molar-refractivity contribution is 6.11. The fraction of sp³-hybridized carbons (Fsp3) is 0. The van der Waals surface area contributed by atoms with Crippen LogP contribution < -0.4 is 0 Å². The Morgan fingerprint density at radius 3 is 1.56 bits per heavy atom. The molecular formula is C50H32N4O. The number of nitrogens with zero attached hydrogens (tertiary/aromatic N) is 4. The van der Waals surface area contributed by atoms with Crippen molar-refractivity contribution in [3.8, 4) is 79.0 Å². The normalized spacial score (nSPS) is 11.3. The molecule has 0 unspecified atom stereocenters. The molecule has 0 aliphatic rings. The molecule has 0 atom stereocenters. The van der Waals surface area contributed by atoms with Crippen molar-refractivity contribution in [3.05, 3.63) is 194 Å². The molecule has 2 aromatic heterocycles. The van der Waals surface area contributed by atoms with E-state index in [1.54, 1.807) is 0 Å². The summed E-state index contributed by atoms with van der Waals surface area (Å²) in [6, 6.07) is 66.4. The fourth-order valence-electron chi connectivity index (χ4n) is 7.29. The van der Waals surface area contributed by atoms with Crippen LogP contribution in [-0.2, 0) is 0 Å². The van der Waals surface area contributed by atoms with Gasteiger partial charge in [-0.25, -0.2) is 19.9 Å². The van der Waals surface area contributed by atoms with E-state index in [2.05, 4.69) is 115 Å². The maximum Gasteiger partial charge on any atom is 0.227 e. The quantitative estimate of drug-likeness (QED) is 0.165. The lowest BCUT2D eigenvalue weighted by molar-refractivity contribution is 0.623. The topological polar surface area (TPSA) is 64.7 Å². The van der Waals surface area contributed by atoms with Crippen molar-refractivity contribution in [3.63, 3.8) is 0 Å². The van der Waals surface area contributed by atoms with Crippen molar-refractivity contribution in [2.24, 2.45) is 0 Å². The minimum absolute atomic E-state index is 0.593. The van der Waals surface area contributed by atoms with Gasteiger partial charge in [0.05, 0.1) is 0 Å². The molecule has 5 nitrogen and oxygen atoms in total. The predicted molar refractivity (Wildman–Crippen MR) is 223 cm³/mol. The van der Waals surface area contributed by atoms with Crippen LogP contribution in [0.1, 0.15) is 0 Å². The van der Waals surface area contributed by atoms with Crippen molar-refractivity contribution in [2.45, 2.75) is 0 Å². The minimum Gasteiger partial charge on any atom is -0.435 e. The summed E-state index contributed by atoms with van der Waals surface area (Å²) in [6.45, 7) is 0. The number of aromatic nitrogens is 4.